The largest absolute Gasteiger partial charge is 0.393 e. The van der Waals surface area contributed by atoms with Crippen LogP contribution in [-0.2, 0) is 0 Å². The minimum absolute atomic E-state index is 0.543. The molecule has 18 heavy (non-hydrogen) atoms. The molecule has 0 saturated heterocycles. The second-order valence-electron chi connectivity index (χ2n) is 3.99. The molecular weight excluding hydrogens is 341 g/mol. The minimum Gasteiger partial charge on any atom is -0.393 e. The summed E-state index contributed by atoms with van der Waals surface area (Å²) in [6.07, 6.45) is 1.50. The van der Waals surface area contributed by atoms with Crippen LogP contribution < -0.4 is 16.0 Å². The van der Waals surface area contributed by atoms with Crippen molar-refractivity contribution >= 4 is 45.6 Å². The van der Waals surface area contributed by atoms with Gasteiger partial charge >= 0.3 is 0 Å². The van der Waals surface area contributed by atoms with Crippen LogP contribution in [0.2, 0.25) is 0 Å². The fraction of sp³-hybridized carbons (Fsp3) is 0.167. The van der Waals surface area contributed by atoms with Crippen LogP contribution >= 0.6 is 22.6 Å². The summed E-state index contributed by atoms with van der Waals surface area (Å²) in [7, 11) is 3.79. The molecule has 0 fully saturated rings. The Morgan fingerprint density at radius 3 is 2.44 bits per heavy atom. The molecule has 6 heteroatoms. The molecule has 0 atom stereocenters. The smallest absolute Gasteiger partial charge is 0.159 e. The van der Waals surface area contributed by atoms with E-state index >= 15 is 0 Å². The first-order chi connectivity index (χ1) is 8.58. The van der Waals surface area contributed by atoms with Gasteiger partial charge in [0.15, 0.2) is 11.6 Å². The van der Waals surface area contributed by atoms with Crippen LogP contribution in [0.3, 0.4) is 0 Å². The Balaban J connectivity index is 2.29. The van der Waals surface area contributed by atoms with E-state index < -0.39 is 0 Å². The van der Waals surface area contributed by atoms with Crippen molar-refractivity contribution in [3.63, 3.8) is 0 Å². The van der Waals surface area contributed by atoms with Crippen LogP contribution in [-0.4, -0.2) is 24.1 Å². The second kappa shape index (κ2) is 5.38. The lowest BCUT2D eigenvalue weighted by Gasteiger charge is -2.16. The molecule has 0 aliphatic carbocycles. The summed E-state index contributed by atoms with van der Waals surface area (Å²) in [5.74, 6) is 1.33. The molecule has 0 unspecified atom stereocenters. The molecule has 2 aromatic rings. The Morgan fingerprint density at radius 1 is 1.17 bits per heavy atom. The molecule has 1 aromatic carbocycles. The standard InChI is InChI=1S/C12H14IN5/c1-18(2)12-10(14)11(15-7-16-12)17-9-5-3-8(13)4-6-9/h3-7H,14H2,1-2H3,(H,15,16,17). The Morgan fingerprint density at radius 2 is 1.83 bits per heavy atom. The van der Waals surface area contributed by atoms with Crippen LogP contribution in [0.15, 0.2) is 30.6 Å². The van der Waals surface area contributed by atoms with Gasteiger partial charge in [-0.3, -0.25) is 0 Å². The third kappa shape index (κ3) is 2.81. The van der Waals surface area contributed by atoms with Crippen molar-refractivity contribution in [2.24, 2.45) is 0 Å². The van der Waals surface area contributed by atoms with Crippen molar-refractivity contribution in [1.29, 1.82) is 0 Å². The van der Waals surface area contributed by atoms with E-state index in [0.29, 0.717) is 17.3 Å². The maximum Gasteiger partial charge on any atom is 0.159 e. The highest BCUT2D eigenvalue weighted by molar-refractivity contribution is 14.1. The van der Waals surface area contributed by atoms with Gasteiger partial charge in [0.05, 0.1) is 0 Å². The minimum atomic E-state index is 0.543. The molecule has 0 spiro atoms. The number of nitrogen functional groups attached to an aromatic ring is 1. The Hall–Kier alpha value is -1.57. The number of aromatic nitrogens is 2. The average molecular weight is 355 g/mol. The molecule has 0 radical (unpaired) electrons. The van der Waals surface area contributed by atoms with Crippen molar-refractivity contribution in [3.8, 4) is 0 Å². The van der Waals surface area contributed by atoms with Gasteiger partial charge in [-0.25, -0.2) is 9.97 Å². The molecular formula is C12H14IN5. The van der Waals surface area contributed by atoms with Gasteiger partial charge in [0.2, 0.25) is 0 Å². The van der Waals surface area contributed by atoms with Gasteiger partial charge in [-0.15, -0.1) is 0 Å². The highest BCUT2D eigenvalue weighted by Crippen LogP contribution is 2.27. The third-order valence-corrected chi connectivity index (χ3v) is 3.11. The quantitative estimate of drug-likeness (QED) is 0.828. The van der Waals surface area contributed by atoms with Gasteiger partial charge in [-0.1, -0.05) is 0 Å². The van der Waals surface area contributed by atoms with E-state index in [1.54, 1.807) is 0 Å². The molecule has 94 valence electrons. The van der Waals surface area contributed by atoms with Gasteiger partial charge in [0.25, 0.3) is 0 Å². The normalized spacial score (nSPS) is 10.2. The molecule has 1 heterocycles. The molecule has 0 amide bonds. The van der Waals surface area contributed by atoms with Crippen molar-refractivity contribution in [2.45, 2.75) is 0 Å². The molecule has 3 N–H and O–H groups in total. The highest BCUT2D eigenvalue weighted by atomic mass is 127. The number of hydrogen-bond acceptors (Lipinski definition) is 5. The van der Waals surface area contributed by atoms with Gasteiger partial charge in [-0.05, 0) is 46.9 Å². The number of benzene rings is 1. The van der Waals surface area contributed by atoms with E-state index in [2.05, 4.69) is 37.9 Å². The van der Waals surface area contributed by atoms with E-state index in [4.69, 9.17) is 5.73 Å². The van der Waals surface area contributed by atoms with E-state index in [1.165, 1.54) is 9.90 Å². The Labute approximate surface area is 120 Å². The summed E-state index contributed by atoms with van der Waals surface area (Å²) < 4.78 is 1.18. The lowest BCUT2D eigenvalue weighted by molar-refractivity contribution is 1.04. The van der Waals surface area contributed by atoms with Gasteiger partial charge in [0, 0.05) is 23.4 Å². The highest BCUT2D eigenvalue weighted by Gasteiger charge is 2.09. The molecule has 0 aliphatic heterocycles. The van der Waals surface area contributed by atoms with Crippen molar-refractivity contribution < 1.29 is 0 Å². The number of halogens is 1. The van der Waals surface area contributed by atoms with Crippen molar-refractivity contribution in [2.75, 3.05) is 30.0 Å². The van der Waals surface area contributed by atoms with E-state index in [-0.39, 0.29) is 0 Å². The Kier molecular flexibility index (Phi) is 3.85. The summed E-state index contributed by atoms with van der Waals surface area (Å²) in [6.45, 7) is 0. The van der Waals surface area contributed by atoms with Crippen LogP contribution in [0, 0.1) is 3.57 Å². The number of nitrogens with one attached hydrogen (secondary N) is 1. The van der Waals surface area contributed by atoms with Crippen LogP contribution in [0.25, 0.3) is 0 Å². The maximum absolute atomic E-state index is 6.03. The first-order valence-corrected chi connectivity index (χ1v) is 6.46. The van der Waals surface area contributed by atoms with E-state index in [9.17, 15) is 0 Å². The fourth-order valence-corrected chi connectivity index (χ4v) is 1.87. The Bertz CT molecular complexity index is 539. The first-order valence-electron chi connectivity index (χ1n) is 5.38. The van der Waals surface area contributed by atoms with Gasteiger partial charge < -0.3 is 16.0 Å². The number of nitrogens with zero attached hydrogens (tertiary/aromatic N) is 3. The first kappa shape index (κ1) is 12.9. The molecule has 0 bridgehead atoms. The van der Waals surface area contributed by atoms with E-state index in [1.807, 2.05) is 43.3 Å². The zero-order valence-electron chi connectivity index (χ0n) is 10.2. The lowest BCUT2D eigenvalue weighted by atomic mass is 10.3. The van der Waals surface area contributed by atoms with E-state index in [0.717, 1.165) is 5.69 Å². The van der Waals surface area contributed by atoms with Crippen LogP contribution in [0.5, 0.6) is 0 Å². The number of hydrogen-bond donors (Lipinski definition) is 2. The van der Waals surface area contributed by atoms with Gasteiger partial charge in [-0.2, -0.15) is 0 Å². The fourth-order valence-electron chi connectivity index (χ4n) is 1.51. The summed E-state index contributed by atoms with van der Waals surface area (Å²) in [5.41, 5.74) is 7.52. The molecule has 2 rings (SSSR count). The van der Waals surface area contributed by atoms with Crippen molar-refractivity contribution in [3.05, 3.63) is 34.2 Å². The summed E-state index contributed by atoms with van der Waals surface area (Å²) in [4.78, 5) is 10.2. The maximum atomic E-state index is 6.03. The summed E-state index contributed by atoms with van der Waals surface area (Å²) >= 11 is 2.26. The zero-order chi connectivity index (χ0) is 13.1. The zero-order valence-corrected chi connectivity index (χ0v) is 12.3. The van der Waals surface area contributed by atoms with Gasteiger partial charge in [0.1, 0.15) is 12.0 Å². The second-order valence-corrected chi connectivity index (χ2v) is 5.23. The van der Waals surface area contributed by atoms with Crippen LogP contribution in [0.4, 0.5) is 23.0 Å². The predicted molar refractivity (Wildman–Crippen MR) is 83.2 cm³/mol. The lowest BCUT2D eigenvalue weighted by Crippen LogP contribution is -2.14. The molecule has 0 saturated carbocycles. The number of nitrogens with two attached hydrogens (primary N) is 1. The SMILES string of the molecule is CN(C)c1ncnc(Nc2ccc(I)cc2)c1N. The number of anilines is 4. The molecule has 5 nitrogen and oxygen atoms in total. The third-order valence-electron chi connectivity index (χ3n) is 2.39. The molecule has 1 aromatic heterocycles. The molecule has 0 aliphatic rings. The number of rotatable bonds is 3. The topological polar surface area (TPSA) is 67.1 Å². The van der Waals surface area contributed by atoms with Crippen LogP contribution in [0.1, 0.15) is 0 Å². The average Bonchev–Trinajstić information content (AvgIpc) is 2.34. The van der Waals surface area contributed by atoms with Crippen molar-refractivity contribution in [1.82, 2.24) is 9.97 Å². The summed E-state index contributed by atoms with van der Waals surface area (Å²) in [6, 6.07) is 8.01. The summed E-state index contributed by atoms with van der Waals surface area (Å²) in [5, 5.41) is 3.19. The monoisotopic (exact) mass is 355 g/mol. The predicted octanol–water partition coefficient (Wildman–Crippen LogP) is 2.47.